The Morgan fingerprint density at radius 1 is 1.69 bits per heavy atom. The number of carbonyl (C=O) groups is 1. The van der Waals surface area contributed by atoms with Crippen LogP contribution in [0.25, 0.3) is 0 Å². The Bertz CT molecular complexity index is 369. The number of aliphatic hydroxyl groups is 1. The standard InChI is InChI=1S/C10H14ClNO3S/c1-10(6-13,9(14)15-2)12-5-7-3-4-8(11)16-7/h3-4,12-13H,5-6H2,1-2H3. The van der Waals surface area contributed by atoms with Crippen LogP contribution in [0, 0.1) is 0 Å². The van der Waals surface area contributed by atoms with Crippen molar-refractivity contribution < 1.29 is 14.6 Å². The van der Waals surface area contributed by atoms with Gasteiger partial charge in [0.25, 0.3) is 0 Å². The minimum atomic E-state index is -1.08. The Kier molecular flexibility index (Phi) is 4.73. The maximum atomic E-state index is 11.4. The van der Waals surface area contributed by atoms with Gasteiger partial charge in [0.15, 0.2) is 0 Å². The smallest absolute Gasteiger partial charge is 0.328 e. The third kappa shape index (κ3) is 3.18. The summed E-state index contributed by atoms with van der Waals surface area (Å²) < 4.78 is 5.31. The largest absolute Gasteiger partial charge is 0.468 e. The van der Waals surface area contributed by atoms with Crippen LogP contribution >= 0.6 is 22.9 Å². The summed E-state index contributed by atoms with van der Waals surface area (Å²) in [4.78, 5) is 12.4. The fourth-order valence-corrected chi connectivity index (χ4v) is 2.17. The number of rotatable bonds is 5. The molecule has 1 heterocycles. The summed E-state index contributed by atoms with van der Waals surface area (Å²) in [7, 11) is 1.29. The number of methoxy groups -OCH3 is 1. The lowest BCUT2D eigenvalue weighted by molar-refractivity contribution is -0.149. The van der Waals surface area contributed by atoms with Crippen LogP contribution in [0.3, 0.4) is 0 Å². The second kappa shape index (κ2) is 5.63. The topological polar surface area (TPSA) is 58.6 Å². The highest BCUT2D eigenvalue weighted by Crippen LogP contribution is 2.21. The number of ether oxygens (including phenoxy) is 1. The number of aliphatic hydroxyl groups excluding tert-OH is 1. The van der Waals surface area contributed by atoms with Crippen molar-refractivity contribution in [1.29, 1.82) is 0 Å². The fourth-order valence-electron chi connectivity index (χ4n) is 1.15. The molecule has 0 aliphatic rings. The molecule has 1 atom stereocenters. The molecule has 0 saturated heterocycles. The molecule has 0 aromatic carbocycles. The number of hydrogen-bond acceptors (Lipinski definition) is 5. The molecule has 1 aromatic heterocycles. The molecule has 90 valence electrons. The Morgan fingerprint density at radius 3 is 2.81 bits per heavy atom. The van der Waals surface area contributed by atoms with Gasteiger partial charge in [-0.25, -0.2) is 4.79 Å². The molecule has 0 fully saturated rings. The summed E-state index contributed by atoms with van der Waals surface area (Å²) in [5.41, 5.74) is -1.08. The average Bonchev–Trinajstić information content (AvgIpc) is 2.71. The van der Waals surface area contributed by atoms with Crippen LogP contribution in [0.4, 0.5) is 0 Å². The second-order valence-electron chi connectivity index (χ2n) is 3.54. The predicted octanol–water partition coefficient (Wildman–Crippen LogP) is 1.42. The first-order chi connectivity index (χ1) is 7.51. The van der Waals surface area contributed by atoms with Gasteiger partial charge < -0.3 is 9.84 Å². The predicted molar refractivity (Wildman–Crippen MR) is 63.7 cm³/mol. The Hall–Kier alpha value is -0.620. The van der Waals surface area contributed by atoms with Gasteiger partial charge in [-0.3, -0.25) is 5.32 Å². The molecule has 2 N–H and O–H groups in total. The van der Waals surface area contributed by atoms with Crippen LogP contribution in [0.2, 0.25) is 4.34 Å². The summed E-state index contributed by atoms with van der Waals surface area (Å²) >= 11 is 7.21. The minimum absolute atomic E-state index is 0.321. The van der Waals surface area contributed by atoms with Gasteiger partial charge in [-0.1, -0.05) is 11.6 Å². The normalized spacial score (nSPS) is 14.5. The molecule has 0 aliphatic heterocycles. The van der Waals surface area contributed by atoms with Crippen LogP contribution in [-0.4, -0.2) is 30.3 Å². The lowest BCUT2D eigenvalue weighted by atomic mass is 10.0. The lowest BCUT2D eigenvalue weighted by Gasteiger charge is -2.25. The van der Waals surface area contributed by atoms with Gasteiger partial charge in [0.05, 0.1) is 18.1 Å². The van der Waals surface area contributed by atoms with E-state index in [4.69, 9.17) is 11.6 Å². The van der Waals surface area contributed by atoms with Crippen molar-refractivity contribution in [3.8, 4) is 0 Å². The summed E-state index contributed by atoms with van der Waals surface area (Å²) in [6, 6.07) is 3.66. The van der Waals surface area contributed by atoms with Crippen molar-refractivity contribution in [2.24, 2.45) is 0 Å². The molecule has 1 unspecified atom stereocenters. The first kappa shape index (κ1) is 13.4. The van der Waals surface area contributed by atoms with E-state index in [-0.39, 0.29) is 6.61 Å². The van der Waals surface area contributed by atoms with Crippen molar-refractivity contribution >= 4 is 28.9 Å². The van der Waals surface area contributed by atoms with Crippen LogP contribution < -0.4 is 5.32 Å². The van der Waals surface area contributed by atoms with Gasteiger partial charge in [-0.05, 0) is 19.1 Å². The van der Waals surface area contributed by atoms with Crippen molar-refractivity contribution in [2.75, 3.05) is 13.7 Å². The third-order valence-corrected chi connectivity index (χ3v) is 3.46. The van der Waals surface area contributed by atoms with E-state index in [9.17, 15) is 9.90 Å². The van der Waals surface area contributed by atoms with Crippen LogP contribution in [0.5, 0.6) is 0 Å². The molecule has 6 heteroatoms. The van der Waals surface area contributed by atoms with Gasteiger partial charge in [0, 0.05) is 11.4 Å². The SMILES string of the molecule is COC(=O)C(C)(CO)NCc1ccc(Cl)s1. The summed E-state index contributed by atoms with van der Waals surface area (Å²) in [6.07, 6.45) is 0. The zero-order valence-electron chi connectivity index (χ0n) is 9.12. The van der Waals surface area contributed by atoms with E-state index >= 15 is 0 Å². The molecule has 16 heavy (non-hydrogen) atoms. The van der Waals surface area contributed by atoms with Crippen molar-refractivity contribution in [1.82, 2.24) is 5.32 Å². The molecule has 0 spiro atoms. The molecule has 0 amide bonds. The fraction of sp³-hybridized carbons (Fsp3) is 0.500. The number of nitrogens with one attached hydrogen (secondary N) is 1. The number of halogens is 1. The van der Waals surface area contributed by atoms with Gasteiger partial charge in [-0.15, -0.1) is 11.3 Å². The maximum Gasteiger partial charge on any atom is 0.328 e. The summed E-state index contributed by atoms with van der Waals surface area (Å²) in [5, 5.41) is 12.1. The number of carbonyl (C=O) groups excluding carboxylic acids is 1. The van der Waals surface area contributed by atoms with Crippen molar-refractivity contribution in [3.05, 3.63) is 21.3 Å². The lowest BCUT2D eigenvalue weighted by Crippen LogP contribution is -2.52. The molecule has 1 rings (SSSR count). The maximum absolute atomic E-state index is 11.4. The molecular weight excluding hydrogens is 250 g/mol. The Labute approximate surface area is 103 Å². The molecule has 0 saturated carbocycles. The molecule has 1 aromatic rings. The molecule has 0 radical (unpaired) electrons. The van der Waals surface area contributed by atoms with E-state index in [0.29, 0.717) is 10.9 Å². The van der Waals surface area contributed by atoms with Crippen molar-refractivity contribution in [2.45, 2.75) is 19.0 Å². The monoisotopic (exact) mass is 263 g/mol. The number of thiophene rings is 1. The molecule has 0 aliphatic carbocycles. The van der Waals surface area contributed by atoms with Gasteiger partial charge in [0.1, 0.15) is 5.54 Å². The quantitative estimate of drug-likeness (QED) is 0.789. The van der Waals surface area contributed by atoms with E-state index < -0.39 is 11.5 Å². The van der Waals surface area contributed by atoms with E-state index in [1.807, 2.05) is 6.07 Å². The Morgan fingerprint density at radius 2 is 2.38 bits per heavy atom. The zero-order valence-corrected chi connectivity index (χ0v) is 10.7. The highest BCUT2D eigenvalue weighted by atomic mass is 35.5. The minimum Gasteiger partial charge on any atom is -0.468 e. The van der Waals surface area contributed by atoms with E-state index in [1.165, 1.54) is 18.4 Å². The summed E-state index contributed by atoms with van der Waals surface area (Å²) in [5.74, 6) is -0.488. The van der Waals surface area contributed by atoms with E-state index in [1.54, 1.807) is 13.0 Å². The molecular formula is C10H14ClNO3S. The highest BCUT2D eigenvalue weighted by molar-refractivity contribution is 7.16. The average molecular weight is 264 g/mol. The second-order valence-corrected chi connectivity index (χ2v) is 5.34. The van der Waals surface area contributed by atoms with Crippen LogP contribution in [0.1, 0.15) is 11.8 Å². The van der Waals surface area contributed by atoms with Gasteiger partial charge in [0.2, 0.25) is 0 Å². The first-order valence-corrected chi connectivity index (χ1v) is 5.90. The van der Waals surface area contributed by atoms with E-state index in [2.05, 4.69) is 10.1 Å². The molecule has 4 nitrogen and oxygen atoms in total. The Balaban J connectivity index is 2.61. The van der Waals surface area contributed by atoms with Gasteiger partial charge in [-0.2, -0.15) is 0 Å². The van der Waals surface area contributed by atoms with E-state index in [0.717, 1.165) is 4.88 Å². The van der Waals surface area contributed by atoms with Crippen molar-refractivity contribution in [3.63, 3.8) is 0 Å². The van der Waals surface area contributed by atoms with Gasteiger partial charge >= 0.3 is 5.97 Å². The zero-order chi connectivity index (χ0) is 12.2. The number of esters is 1. The molecule has 0 bridgehead atoms. The highest BCUT2D eigenvalue weighted by Gasteiger charge is 2.33. The number of hydrogen-bond donors (Lipinski definition) is 2. The third-order valence-electron chi connectivity index (χ3n) is 2.23. The van der Waals surface area contributed by atoms with Crippen LogP contribution in [-0.2, 0) is 16.1 Å². The summed E-state index contributed by atoms with van der Waals surface area (Å²) in [6.45, 7) is 1.73. The van der Waals surface area contributed by atoms with Crippen LogP contribution in [0.15, 0.2) is 12.1 Å². The first-order valence-electron chi connectivity index (χ1n) is 4.70.